The summed E-state index contributed by atoms with van der Waals surface area (Å²) in [7, 11) is -1.23. The molecule has 1 N–H and O–H groups in total. The van der Waals surface area contributed by atoms with Crippen molar-refractivity contribution in [3.05, 3.63) is 54.3 Å². The predicted octanol–water partition coefficient (Wildman–Crippen LogP) is 2.41. The van der Waals surface area contributed by atoms with E-state index >= 15 is 0 Å². The number of hydroxylamine groups is 1. The van der Waals surface area contributed by atoms with Gasteiger partial charge in [-0.1, -0.05) is 4.47 Å². The lowest BCUT2D eigenvalue weighted by Crippen LogP contribution is -2.30. The molecule has 0 aromatic heterocycles. The van der Waals surface area contributed by atoms with Gasteiger partial charge in [0.2, 0.25) is 0 Å². The van der Waals surface area contributed by atoms with Gasteiger partial charge in [0.25, 0.3) is 15.9 Å². The van der Waals surface area contributed by atoms with E-state index in [-0.39, 0.29) is 4.90 Å². The highest BCUT2D eigenvalue weighted by Crippen LogP contribution is 2.18. The SMILES string of the molecule is CON(C)S(=O)(=O)c1ccc(NC(=O)C(C)Oc2ccc(F)cc2)cc1. The van der Waals surface area contributed by atoms with Crippen LogP contribution in [-0.2, 0) is 19.7 Å². The highest BCUT2D eigenvalue weighted by atomic mass is 32.2. The van der Waals surface area contributed by atoms with E-state index in [1.54, 1.807) is 6.92 Å². The van der Waals surface area contributed by atoms with Gasteiger partial charge < -0.3 is 10.1 Å². The fourth-order valence-electron chi connectivity index (χ4n) is 1.97. The molecule has 0 aliphatic rings. The maximum atomic E-state index is 12.9. The molecule has 0 heterocycles. The zero-order chi connectivity index (χ0) is 19.3. The van der Waals surface area contributed by atoms with Crippen molar-refractivity contribution in [1.29, 1.82) is 0 Å². The van der Waals surface area contributed by atoms with E-state index in [1.165, 1.54) is 62.7 Å². The van der Waals surface area contributed by atoms with E-state index in [4.69, 9.17) is 9.57 Å². The molecule has 1 atom stereocenters. The first kappa shape index (κ1) is 19.8. The number of amides is 1. The highest BCUT2D eigenvalue weighted by Gasteiger charge is 2.21. The Kier molecular flexibility index (Phi) is 6.30. The van der Waals surface area contributed by atoms with Gasteiger partial charge in [-0.05, 0) is 55.5 Å². The molecule has 0 saturated heterocycles. The Morgan fingerprint density at radius 1 is 1.12 bits per heavy atom. The van der Waals surface area contributed by atoms with Crippen LogP contribution in [0.25, 0.3) is 0 Å². The maximum Gasteiger partial charge on any atom is 0.265 e. The van der Waals surface area contributed by atoms with Crippen molar-refractivity contribution in [2.24, 2.45) is 0 Å². The first-order valence-corrected chi connectivity index (χ1v) is 9.04. The van der Waals surface area contributed by atoms with Crippen molar-refractivity contribution in [3.63, 3.8) is 0 Å². The van der Waals surface area contributed by atoms with E-state index in [0.29, 0.717) is 11.4 Å². The van der Waals surface area contributed by atoms with Crippen LogP contribution in [0.5, 0.6) is 5.75 Å². The van der Waals surface area contributed by atoms with Gasteiger partial charge in [-0.25, -0.2) is 12.8 Å². The fourth-order valence-corrected chi connectivity index (χ4v) is 2.94. The van der Waals surface area contributed by atoms with Crippen molar-refractivity contribution in [3.8, 4) is 5.75 Å². The number of nitrogens with one attached hydrogen (secondary N) is 1. The number of anilines is 1. The summed E-state index contributed by atoms with van der Waals surface area (Å²) in [5.41, 5.74) is 0.406. The molecule has 0 saturated carbocycles. The molecule has 0 bridgehead atoms. The number of carbonyl (C=O) groups excluding carboxylic acids is 1. The smallest absolute Gasteiger partial charge is 0.265 e. The van der Waals surface area contributed by atoms with Crippen LogP contribution in [0.4, 0.5) is 10.1 Å². The molecule has 140 valence electrons. The van der Waals surface area contributed by atoms with Crippen LogP contribution in [-0.4, -0.2) is 39.1 Å². The Balaban J connectivity index is 2.01. The number of halogens is 1. The normalized spacial score (nSPS) is 12.7. The third-order valence-electron chi connectivity index (χ3n) is 3.51. The molecule has 0 spiro atoms. The molecular formula is C17H19FN2O5S. The molecule has 0 aliphatic heterocycles. The van der Waals surface area contributed by atoms with E-state index in [0.717, 1.165) is 4.47 Å². The van der Waals surface area contributed by atoms with Gasteiger partial charge in [-0.2, -0.15) is 0 Å². The van der Waals surface area contributed by atoms with Crippen molar-refractivity contribution in [2.45, 2.75) is 17.9 Å². The number of ether oxygens (including phenoxy) is 1. The van der Waals surface area contributed by atoms with Crippen molar-refractivity contribution < 1.29 is 27.2 Å². The zero-order valence-electron chi connectivity index (χ0n) is 14.5. The average molecular weight is 382 g/mol. The molecule has 26 heavy (non-hydrogen) atoms. The summed E-state index contributed by atoms with van der Waals surface area (Å²) in [6.07, 6.45) is -0.830. The Hall–Kier alpha value is -2.49. The molecule has 7 nitrogen and oxygen atoms in total. The van der Waals surface area contributed by atoms with Crippen molar-refractivity contribution in [1.82, 2.24) is 4.47 Å². The van der Waals surface area contributed by atoms with Gasteiger partial charge in [-0.3, -0.25) is 9.63 Å². The van der Waals surface area contributed by atoms with Crippen LogP contribution >= 0.6 is 0 Å². The zero-order valence-corrected chi connectivity index (χ0v) is 15.3. The summed E-state index contributed by atoms with van der Waals surface area (Å²) in [4.78, 5) is 16.9. The second-order valence-corrected chi connectivity index (χ2v) is 7.26. The van der Waals surface area contributed by atoms with E-state index in [9.17, 15) is 17.6 Å². The fraction of sp³-hybridized carbons (Fsp3) is 0.235. The van der Waals surface area contributed by atoms with Gasteiger partial charge in [0, 0.05) is 12.7 Å². The van der Waals surface area contributed by atoms with Crippen LogP contribution in [0.1, 0.15) is 6.92 Å². The van der Waals surface area contributed by atoms with E-state index in [2.05, 4.69) is 5.32 Å². The average Bonchev–Trinajstić information content (AvgIpc) is 2.63. The van der Waals surface area contributed by atoms with Crippen molar-refractivity contribution >= 4 is 21.6 Å². The van der Waals surface area contributed by atoms with Crippen LogP contribution in [0.2, 0.25) is 0 Å². The molecule has 0 radical (unpaired) electrons. The topological polar surface area (TPSA) is 84.9 Å². The second-order valence-electron chi connectivity index (χ2n) is 5.32. The second kappa shape index (κ2) is 8.26. The highest BCUT2D eigenvalue weighted by molar-refractivity contribution is 7.89. The van der Waals surface area contributed by atoms with Crippen LogP contribution in [0.3, 0.4) is 0 Å². The third kappa shape index (κ3) is 4.78. The largest absolute Gasteiger partial charge is 0.481 e. The standard InChI is InChI=1S/C17H19FN2O5S/c1-12(25-15-8-4-13(18)5-9-15)17(21)19-14-6-10-16(11-7-14)26(22,23)20(2)24-3/h4-12H,1-3H3,(H,19,21). The number of sulfonamides is 1. The number of benzene rings is 2. The molecule has 2 aromatic rings. The summed E-state index contributed by atoms with van der Waals surface area (Å²) in [6.45, 7) is 1.55. The summed E-state index contributed by atoms with van der Waals surface area (Å²) < 4.78 is 43.2. The predicted molar refractivity (Wildman–Crippen MR) is 93.5 cm³/mol. The van der Waals surface area contributed by atoms with Crippen molar-refractivity contribution in [2.75, 3.05) is 19.5 Å². The molecule has 2 rings (SSSR count). The van der Waals surface area contributed by atoms with E-state index < -0.39 is 27.9 Å². The summed E-state index contributed by atoms with van der Waals surface area (Å²) in [5, 5.41) is 2.62. The summed E-state index contributed by atoms with van der Waals surface area (Å²) >= 11 is 0. The lowest BCUT2D eigenvalue weighted by molar-refractivity contribution is -0.122. The van der Waals surface area contributed by atoms with Crippen LogP contribution in [0.15, 0.2) is 53.4 Å². The Bertz CT molecular complexity index is 854. The molecule has 9 heteroatoms. The lowest BCUT2D eigenvalue weighted by Gasteiger charge is -2.16. The maximum absolute atomic E-state index is 12.9. The summed E-state index contributed by atoms with van der Waals surface area (Å²) in [6, 6.07) is 10.9. The molecule has 2 aromatic carbocycles. The Morgan fingerprint density at radius 2 is 1.69 bits per heavy atom. The first-order chi connectivity index (χ1) is 12.2. The summed E-state index contributed by atoms with van der Waals surface area (Å²) in [5.74, 6) is -0.472. The molecule has 1 unspecified atom stereocenters. The van der Waals surface area contributed by atoms with Crippen LogP contribution < -0.4 is 10.1 Å². The molecule has 0 fully saturated rings. The quantitative estimate of drug-likeness (QED) is 0.744. The van der Waals surface area contributed by atoms with E-state index in [1.807, 2.05) is 0 Å². The Labute approximate surface area is 151 Å². The monoisotopic (exact) mass is 382 g/mol. The van der Waals surface area contributed by atoms with Gasteiger partial charge in [0.1, 0.15) is 11.6 Å². The minimum Gasteiger partial charge on any atom is -0.481 e. The minimum absolute atomic E-state index is 0.0236. The minimum atomic E-state index is -3.75. The number of hydrogen-bond donors (Lipinski definition) is 1. The Morgan fingerprint density at radius 3 is 2.23 bits per heavy atom. The number of hydrogen-bond acceptors (Lipinski definition) is 5. The third-order valence-corrected chi connectivity index (χ3v) is 5.20. The number of rotatable bonds is 7. The lowest BCUT2D eigenvalue weighted by atomic mass is 10.3. The number of nitrogens with zero attached hydrogens (tertiary/aromatic N) is 1. The van der Waals surface area contributed by atoms with Gasteiger partial charge in [0.15, 0.2) is 6.10 Å². The van der Waals surface area contributed by atoms with Gasteiger partial charge >= 0.3 is 0 Å². The molecular weight excluding hydrogens is 363 g/mol. The van der Waals surface area contributed by atoms with Crippen LogP contribution in [0, 0.1) is 5.82 Å². The number of carbonyl (C=O) groups is 1. The van der Waals surface area contributed by atoms with Gasteiger partial charge in [-0.15, -0.1) is 0 Å². The molecule has 0 aliphatic carbocycles. The van der Waals surface area contributed by atoms with Gasteiger partial charge in [0.05, 0.1) is 12.0 Å². The molecule has 1 amide bonds. The first-order valence-electron chi connectivity index (χ1n) is 7.60.